The van der Waals surface area contributed by atoms with Crippen molar-refractivity contribution in [1.82, 2.24) is 4.90 Å². The summed E-state index contributed by atoms with van der Waals surface area (Å²) in [5, 5.41) is 9.48. The van der Waals surface area contributed by atoms with Gasteiger partial charge in [-0.05, 0) is 48.2 Å². The average molecular weight is 299 g/mol. The summed E-state index contributed by atoms with van der Waals surface area (Å²) in [5.41, 5.74) is 3.38. The van der Waals surface area contributed by atoms with E-state index in [0.717, 1.165) is 30.6 Å². The van der Waals surface area contributed by atoms with Crippen LogP contribution in [0.1, 0.15) is 24.8 Å². The number of halogens is 1. The van der Waals surface area contributed by atoms with E-state index < -0.39 is 0 Å². The number of benzene rings is 2. The van der Waals surface area contributed by atoms with Crippen LogP contribution in [0.4, 0.5) is 4.39 Å². The monoisotopic (exact) mass is 299 g/mol. The number of rotatable bonds is 4. The van der Waals surface area contributed by atoms with E-state index in [1.807, 2.05) is 0 Å². The molecule has 0 radical (unpaired) electrons. The molecular weight excluding hydrogens is 277 g/mol. The topological polar surface area (TPSA) is 23.5 Å². The van der Waals surface area contributed by atoms with Crippen LogP contribution in [0, 0.1) is 5.82 Å². The van der Waals surface area contributed by atoms with Gasteiger partial charge in [-0.25, -0.2) is 4.39 Å². The van der Waals surface area contributed by atoms with Crippen molar-refractivity contribution in [3.63, 3.8) is 0 Å². The molecule has 0 bridgehead atoms. The fourth-order valence-corrected chi connectivity index (χ4v) is 3.15. The minimum absolute atomic E-state index is 0.208. The van der Waals surface area contributed by atoms with E-state index in [2.05, 4.69) is 29.2 Å². The zero-order valence-corrected chi connectivity index (χ0v) is 12.7. The Kier molecular flexibility index (Phi) is 4.86. The van der Waals surface area contributed by atoms with Gasteiger partial charge in [0.25, 0.3) is 0 Å². The molecule has 3 rings (SSSR count). The summed E-state index contributed by atoms with van der Waals surface area (Å²) in [6, 6.07) is 15.3. The van der Waals surface area contributed by atoms with Gasteiger partial charge in [0.05, 0.1) is 6.61 Å². The quantitative estimate of drug-likeness (QED) is 0.927. The summed E-state index contributed by atoms with van der Waals surface area (Å²) in [6.07, 6.45) is 3.51. The molecule has 116 valence electrons. The molecule has 0 spiro atoms. The van der Waals surface area contributed by atoms with Crippen LogP contribution in [0.25, 0.3) is 11.1 Å². The van der Waals surface area contributed by atoms with Crippen molar-refractivity contribution >= 4 is 0 Å². The molecule has 0 aromatic heterocycles. The molecular formula is C19H22FNO. The Balaban J connectivity index is 1.70. The van der Waals surface area contributed by atoms with E-state index >= 15 is 0 Å². The summed E-state index contributed by atoms with van der Waals surface area (Å²) in [6.45, 7) is 2.19. The Hall–Kier alpha value is -1.71. The third-order valence-corrected chi connectivity index (χ3v) is 4.48. The van der Waals surface area contributed by atoms with E-state index in [0.29, 0.717) is 6.04 Å². The molecule has 0 unspecified atom stereocenters. The summed E-state index contributed by atoms with van der Waals surface area (Å²) < 4.78 is 13.0. The molecule has 0 amide bonds. The normalized spacial score (nSPS) is 19.3. The smallest absolute Gasteiger partial charge is 0.123 e. The largest absolute Gasteiger partial charge is 0.395 e. The Morgan fingerprint density at radius 1 is 0.955 bits per heavy atom. The SMILES string of the molecule is OC[C@@H]1CCCCN1Cc1ccc(-c2ccc(F)cc2)cc1. The van der Waals surface area contributed by atoms with Crippen LogP contribution in [0.5, 0.6) is 0 Å². The molecule has 1 N–H and O–H groups in total. The number of piperidine rings is 1. The lowest BCUT2D eigenvalue weighted by Gasteiger charge is -2.34. The predicted octanol–water partition coefficient (Wildman–Crippen LogP) is 3.84. The predicted molar refractivity (Wildman–Crippen MR) is 87.0 cm³/mol. The highest BCUT2D eigenvalue weighted by atomic mass is 19.1. The first-order valence-electron chi connectivity index (χ1n) is 7.96. The summed E-state index contributed by atoms with van der Waals surface area (Å²) in [5.74, 6) is -0.208. The van der Waals surface area contributed by atoms with Crippen LogP contribution in [0.15, 0.2) is 48.5 Å². The molecule has 1 aliphatic rings. The second kappa shape index (κ2) is 7.03. The Morgan fingerprint density at radius 2 is 1.59 bits per heavy atom. The number of aliphatic hydroxyl groups is 1. The first kappa shape index (κ1) is 15.2. The highest BCUT2D eigenvalue weighted by molar-refractivity contribution is 5.63. The van der Waals surface area contributed by atoms with Crippen molar-refractivity contribution in [3.8, 4) is 11.1 Å². The molecule has 2 aromatic carbocycles. The molecule has 0 aliphatic carbocycles. The second-order valence-corrected chi connectivity index (χ2v) is 6.01. The van der Waals surface area contributed by atoms with Gasteiger partial charge in [-0.2, -0.15) is 0 Å². The molecule has 22 heavy (non-hydrogen) atoms. The van der Waals surface area contributed by atoms with E-state index in [1.54, 1.807) is 12.1 Å². The summed E-state index contributed by atoms with van der Waals surface area (Å²) >= 11 is 0. The van der Waals surface area contributed by atoms with E-state index in [-0.39, 0.29) is 12.4 Å². The van der Waals surface area contributed by atoms with Gasteiger partial charge in [0.2, 0.25) is 0 Å². The number of hydrogen-bond acceptors (Lipinski definition) is 2. The van der Waals surface area contributed by atoms with Gasteiger partial charge in [0.1, 0.15) is 5.82 Å². The molecule has 1 atom stereocenters. The fourth-order valence-electron chi connectivity index (χ4n) is 3.15. The van der Waals surface area contributed by atoms with E-state index in [9.17, 15) is 9.50 Å². The van der Waals surface area contributed by atoms with Gasteiger partial charge in [-0.3, -0.25) is 4.90 Å². The van der Waals surface area contributed by atoms with Crippen LogP contribution in [-0.2, 0) is 6.54 Å². The molecule has 1 fully saturated rings. The van der Waals surface area contributed by atoms with Gasteiger partial charge < -0.3 is 5.11 Å². The maximum atomic E-state index is 13.0. The molecule has 1 aliphatic heterocycles. The van der Waals surface area contributed by atoms with Crippen molar-refractivity contribution in [3.05, 3.63) is 59.9 Å². The van der Waals surface area contributed by atoms with Gasteiger partial charge in [0.15, 0.2) is 0 Å². The van der Waals surface area contributed by atoms with Crippen molar-refractivity contribution in [1.29, 1.82) is 0 Å². The lowest BCUT2D eigenvalue weighted by Crippen LogP contribution is -2.41. The first-order chi connectivity index (χ1) is 10.8. The van der Waals surface area contributed by atoms with Crippen molar-refractivity contribution in [2.24, 2.45) is 0 Å². The molecule has 1 saturated heterocycles. The maximum absolute atomic E-state index is 13.0. The fraction of sp³-hybridized carbons (Fsp3) is 0.368. The number of likely N-dealkylation sites (tertiary alicyclic amines) is 1. The number of aliphatic hydroxyl groups excluding tert-OH is 1. The highest BCUT2D eigenvalue weighted by Gasteiger charge is 2.21. The molecule has 2 nitrogen and oxygen atoms in total. The van der Waals surface area contributed by atoms with Crippen LogP contribution in [0.2, 0.25) is 0 Å². The lowest BCUT2D eigenvalue weighted by atomic mass is 10.0. The van der Waals surface area contributed by atoms with Crippen molar-refractivity contribution in [2.75, 3.05) is 13.2 Å². The maximum Gasteiger partial charge on any atom is 0.123 e. The first-order valence-corrected chi connectivity index (χ1v) is 7.96. The second-order valence-electron chi connectivity index (χ2n) is 6.01. The lowest BCUT2D eigenvalue weighted by molar-refractivity contribution is 0.0841. The number of hydrogen-bond donors (Lipinski definition) is 1. The Bertz CT molecular complexity index is 594. The van der Waals surface area contributed by atoms with Gasteiger partial charge in [-0.1, -0.05) is 42.8 Å². The van der Waals surface area contributed by atoms with Crippen molar-refractivity contribution < 1.29 is 9.50 Å². The number of nitrogens with zero attached hydrogens (tertiary/aromatic N) is 1. The minimum Gasteiger partial charge on any atom is -0.395 e. The Labute approximate surface area is 131 Å². The highest BCUT2D eigenvalue weighted by Crippen LogP contribution is 2.23. The summed E-state index contributed by atoms with van der Waals surface area (Å²) in [4.78, 5) is 2.37. The molecule has 3 heteroatoms. The minimum atomic E-state index is -0.208. The van der Waals surface area contributed by atoms with E-state index in [1.165, 1.54) is 30.5 Å². The molecule has 0 saturated carbocycles. The molecule has 1 heterocycles. The van der Waals surface area contributed by atoms with Gasteiger partial charge in [-0.15, -0.1) is 0 Å². The standard InChI is InChI=1S/C19H22FNO/c20-18-10-8-17(9-11-18)16-6-4-15(5-7-16)13-21-12-2-1-3-19(21)14-22/h4-11,19,22H,1-3,12-14H2/t19-/m0/s1. The van der Waals surface area contributed by atoms with Crippen LogP contribution in [0.3, 0.4) is 0 Å². The zero-order chi connectivity index (χ0) is 15.4. The average Bonchev–Trinajstić information content (AvgIpc) is 2.57. The molecule has 2 aromatic rings. The van der Waals surface area contributed by atoms with Crippen LogP contribution < -0.4 is 0 Å². The summed E-state index contributed by atoms with van der Waals surface area (Å²) in [7, 11) is 0. The van der Waals surface area contributed by atoms with Gasteiger partial charge in [0, 0.05) is 12.6 Å². The zero-order valence-electron chi connectivity index (χ0n) is 12.7. The van der Waals surface area contributed by atoms with Crippen LogP contribution in [-0.4, -0.2) is 29.2 Å². The van der Waals surface area contributed by atoms with Crippen LogP contribution >= 0.6 is 0 Å². The van der Waals surface area contributed by atoms with Crippen molar-refractivity contribution in [2.45, 2.75) is 31.8 Å². The third kappa shape index (κ3) is 3.54. The van der Waals surface area contributed by atoms with E-state index in [4.69, 9.17) is 0 Å². The Morgan fingerprint density at radius 3 is 2.23 bits per heavy atom. The third-order valence-electron chi connectivity index (χ3n) is 4.48. The van der Waals surface area contributed by atoms with Gasteiger partial charge >= 0.3 is 0 Å².